The number of methoxy groups -OCH3 is 1. The van der Waals surface area contributed by atoms with Crippen molar-refractivity contribution in [2.75, 3.05) is 19.0 Å². The Kier molecular flexibility index (Phi) is 4.65. The highest BCUT2D eigenvalue weighted by Crippen LogP contribution is 2.30. The molecule has 1 fully saturated rings. The van der Waals surface area contributed by atoms with Gasteiger partial charge in [0.15, 0.2) is 0 Å². The number of hydrogen-bond acceptors (Lipinski definition) is 3. The van der Waals surface area contributed by atoms with Gasteiger partial charge < -0.3 is 15.4 Å². The number of carbonyl (C=O) groups excluding carboxylic acids is 1. The fourth-order valence-electron chi connectivity index (χ4n) is 2.92. The lowest BCUT2D eigenvalue weighted by Crippen LogP contribution is -2.50. The summed E-state index contributed by atoms with van der Waals surface area (Å²) in [6, 6.07) is 5.81. The molecule has 0 aromatic heterocycles. The first kappa shape index (κ1) is 14.9. The van der Waals surface area contributed by atoms with Gasteiger partial charge in [0.25, 0.3) is 0 Å². The minimum absolute atomic E-state index is 0.0563. The van der Waals surface area contributed by atoms with Crippen LogP contribution >= 0.6 is 0 Å². The van der Waals surface area contributed by atoms with Crippen molar-refractivity contribution in [3.05, 3.63) is 23.8 Å². The summed E-state index contributed by atoms with van der Waals surface area (Å²) in [5.41, 5.74) is 1.44. The van der Waals surface area contributed by atoms with E-state index in [0.29, 0.717) is 5.75 Å². The van der Waals surface area contributed by atoms with Crippen molar-refractivity contribution in [2.24, 2.45) is 0 Å². The van der Waals surface area contributed by atoms with Crippen molar-refractivity contribution in [1.29, 1.82) is 0 Å². The quantitative estimate of drug-likeness (QED) is 0.869. The third-order valence-corrected chi connectivity index (χ3v) is 3.96. The molecule has 1 aliphatic heterocycles. The maximum atomic E-state index is 12.7. The molecule has 1 unspecified atom stereocenters. The zero-order chi connectivity index (χ0) is 14.6. The van der Waals surface area contributed by atoms with Crippen LogP contribution in [0.4, 0.5) is 5.69 Å². The summed E-state index contributed by atoms with van der Waals surface area (Å²) in [6.07, 6.45) is 3.82. The second-order valence-corrected chi connectivity index (χ2v) is 5.52. The standard InChI is InChI=1S/C16H24N2O2/c1-4-8-16(9-5-10-17-16)15(19)18-13-11-12(2)6-7-14(13)20-3/h6-7,11,17H,4-5,8-10H2,1-3H3,(H,18,19). The van der Waals surface area contributed by atoms with Gasteiger partial charge in [0.1, 0.15) is 5.75 Å². The molecule has 0 spiro atoms. The first-order valence-electron chi connectivity index (χ1n) is 7.32. The van der Waals surface area contributed by atoms with Crippen LogP contribution in [0.3, 0.4) is 0 Å². The van der Waals surface area contributed by atoms with Gasteiger partial charge in [-0.2, -0.15) is 0 Å². The highest BCUT2D eigenvalue weighted by molar-refractivity contribution is 5.99. The zero-order valence-electron chi connectivity index (χ0n) is 12.6. The summed E-state index contributed by atoms with van der Waals surface area (Å²) < 4.78 is 5.32. The minimum Gasteiger partial charge on any atom is -0.495 e. The van der Waals surface area contributed by atoms with Crippen molar-refractivity contribution in [1.82, 2.24) is 5.32 Å². The normalized spacial score (nSPS) is 21.8. The van der Waals surface area contributed by atoms with Crippen molar-refractivity contribution in [3.8, 4) is 5.75 Å². The molecule has 0 bridgehead atoms. The van der Waals surface area contributed by atoms with Crippen molar-refractivity contribution in [2.45, 2.75) is 45.1 Å². The Bertz CT molecular complexity index is 479. The Hall–Kier alpha value is -1.55. The Balaban J connectivity index is 2.20. The van der Waals surface area contributed by atoms with E-state index in [9.17, 15) is 4.79 Å². The van der Waals surface area contributed by atoms with Crippen LogP contribution in [0.1, 0.15) is 38.2 Å². The molecule has 1 saturated heterocycles. The summed E-state index contributed by atoms with van der Waals surface area (Å²) >= 11 is 0. The van der Waals surface area contributed by atoms with Crippen LogP contribution in [0.5, 0.6) is 5.75 Å². The first-order chi connectivity index (χ1) is 9.61. The monoisotopic (exact) mass is 276 g/mol. The summed E-state index contributed by atoms with van der Waals surface area (Å²) in [5.74, 6) is 0.759. The lowest BCUT2D eigenvalue weighted by atomic mass is 9.90. The molecule has 20 heavy (non-hydrogen) atoms. The van der Waals surface area contributed by atoms with Gasteiger partial charge in [-0.3, -0.25) is 4.79 Å². The van der Waals surface area contributed by atoms with E-state index in [2.05, 4.69) is 17.6 Å². The van der Waals surface area contributed by atoms with Gasteiger partial charge in [-0.1, -0.05) is 19.4 Å². The minimum atomic E-state index is -0.413. The van der Waals surface area contributed by atoms with Crippen LogP contribution < -0.4 is 15.4 Å². The van der Waals surface area contributed by atoms with Crippen LogP contribution in [0.2, 0.25) is 0 Å². The Morgan fingerprint density at radius 1 is 1.50 bits per heavy atom. The number of aryl methyl sites for hydroxylation is 1. The average Bonchev–Trinajstić information content (AvgIpc) is 2.89. The van der Waals surface area contributed by atoms with Crippen molar-refractivity contribution in [3.63, 3.8) is 0 Å². The maximum Gasteiger partial charge on any atom is 0.244 e. The first-order valence-corrected chi connectivity index (χ1v) is 7.32. The Morgan fingerprint density at radius 3 is 2.90 bits per heavy atom. The van der Waals surface area contributed by atoms with Crippen LogP contribution in [0.15, 0.2) is 18.2 Å². The van der Waals surface area contributed by atoms with Gasteiger partial charge in [0, 0.05) is 0 Å². The molecule has 1 aromatic rings. The molecule has 2 rings (SSSR count). The molecule has 4 heteroatoms. The number of rotatable bonds is 5. The zero-order valence-corrected chi connectivity index (χ0v) is 12.6. The van der Waals surface area contributed by atoms with Crippen molar-refractivity contribution < 1.29 is 9.53 Å². The van der Waals surface area contributed by atoms with Crippen LogP contribution in [-0.4, -0.2) is 25.1 Å². The molecular weight excluding hydrogens is 252 g/mol. The fourth-order valence-corrected chi connectivity index (χ4v) is 2.92. The van der Waals surface area contributed by atoms with E-state index in [-0.39, 0.29) is 5.91 Å². The highest BCUT2D eigenvalue weighted by Gasteiger charge is 2.40. The lowest BCUT2D eigenvalue weighted by molar-refractivity contribution is -0.122. The van der Waals surface area contributed by atoms with Gasteiger partial charge >= 0.3 is 0 Å². The third kappa shape index (κ3) is 2.96. The van der Waals surface area contributed by atoms with Gasteiger partial charge in [-0.15, -0.1) is 0 Å². The largest absolute Gasteiger partial charge is 0.495 e. The second-order valence-electron chi connectivity index (χ2n) is 5.52. The van der Waals surface area contributed by atoms with E-state index in [1.165, 1.54) is 0 Å². The Labute approximate surface area is 120 Å². The Morgan fingerprint density at radius 2 is 2.30 bits per heavy atom. The van der Waals surface area contributed by atoms with E-state index in [4.69, 9.17) is 4.74 Å². The molecule has 1 heterocycles. The predicted octanol–water partition coefficient (Wildman–Crippen LogP) is 2.86. The van der Waals surface area contributed by atoms with Crippen LogP contribution in [0, 0.1) is 6.92 Å². The smallest absolute Gasteiger partial charge is 0.244 e. The third-order valence-electron chi connectivity index (χ3n) is 3.96. The average molecular weight is 276 g/mol. The number of amides is 1. The molecule has 2 N–H and O–H groups in total. The molecule has 0 radical (unpaired) electrons. The molecule has 0 aliphatic carbocycles. The molecule has 4 nitrogen and oxygen atoms in total. The number of benzene rings is 1. The molecule has 0 saturated carbocycles. The molecule has 1 amide bonds. The van der Waals surface area contributed by atoms with Gasteiger partial charge in [0.05, 0.1) is 18.3 Å². The molecule has 1 aliphatic rings. The fraction of sp³-hybridized carbons (Fsp3) is 0.562. The number of carbonyl (C=O) groups is 1. The topological polar surface area (TPSA) is 50.4 Å². The molecule has 1 atom stereocenters. The molecule has 110 valence electrons. The van der Waals surface area contributed by atoms with Crippen LogP contribution in [-0.2, 0) is 4.79 Å². The van der Waals surface area contributed by atoms with Gasteiger partial charge in [0.2, 0.25) is 5.91 Å². The summed E-state index contributed by atoms with van der Waals surface area (Å²) in [7, 11) is 1.62. The number of nitrogens with one attached hydrogen (secondary N) is 2. The molecular formula is C16H24N2O2. The van der Waals surface area contributed by atoms with Crippen LogP contribution in [0.25, 0.3) is 0 Å². The van der Waals surface area contributed by atoms with E-state index in [1.807, 2.05) is 25.1 Å². The predicted molar refractivity (Wildman–Crippen MR) is 81.2 cm³/mol. The number of ether oxygens (including phenoxy) is 1. The second kappa shape index (κ2) is 6.27. The maximum absolute atomic E-state index is 12.7. The SMILES string of the molecule is CCCC1(C(=O)Nc2cc(C)ccc2OC)CCCN1. The van der Waals surface area contributed by atoms with Gasteiger partial charge in [-0.25, -0.2) is 0 Å². The number of anilines is 1. The highest BCUT2D eigenvalue weighted by atomic mass is 16.5. The van der Waals surface area contributed by atoms with Gasteiger partial charge in [-0.05, 0) is 50.4 Å². The number of hydrogen-bond donors (Lipinski definition) is 2. The van der Waals surface area contributed by atoms with E-state index >= 15 is 0 Å². The van der Waals surface area contributed by atoms with E-state index in [1.54, 1.807) is 7.11 Å². The summed E-state index contributed by atoms with van der Waals surface area (Å²) in [5, 5.41) is 6.43. The van der Waals surface area contributed by atoms with E-state index < -0.39 is 5.54 Å². The molecule has 1 aromatic carbocycles. The summed E-state index contributed by atoms with van der Waals surface area (Å²) in [6.45, 7) is 5.03. The van der Waals surface area contributed by atoms with Crippen molar-refractivity contribution >= 4 is 11.6 Å². The lowest BCUT2D eigenvalue weighted by Gasteiger charge is -2.28. The summed E-state index contributed by atoms with van der Waals surface area (Å²) in [4.78, 5) is 12.7. The van der Waals surface area contributed by atoms with E-state index in [0.717, 1.165) is 43.5 Å².